The van der Waals surface area contributed by atoms with Crippen molar-refractivity contribution in [1.82, 2.24) is 10.3 Å². The van der Waals surface area contributed by atoms with Gasteiger partial charge >= 0.3 is 12.1 Å². The molecular weight excluding hydrogens is 487 g/mol. The van der Waals surface area contributed by atoms with Gasteiger partial charge in [-0.2, -0.15) is 13.2 Å². The van der Waals surface area contributed by atoms with Crippen molar-refractivity contribution < 1.29 is 32.6 Å². The van der Waals surface area contributed by atoms with Gasteiger partial charge in [0.2, 0.25) is 0 Å². The van der Waals surface area contributed by atoms with E-state index in [-0.39, 0.29) is 11.9 Å². The average Bonchev–Trinajstić information content (AvgIpc) is 3.08. The zero-order chi connectivity index (χ0) is 27.0. The number of halogens is 3. The highest BCUT2D eigenvalue weighted by molar-refractivity contribution is 6.04. The van der Waals surface area contributed by atoms with Crippen LogP contribution in [-0.2, 0) is 11.3 Å². The number of pyridine rings is 1. The molecule has 0 saturated heterocycles. The maximum Gasteiger partial charge on any atom is 0.490 e. The summed E-state index contributed by atoms with van der Waals surface area (Å²) in [5.41, 5.74) is 6.21. The molecule has 2 heterocycles. The van der Waals surface area contributed by atoms with Crippen molar-refractivity contribution in [3.63, 3.8) is 0 Å². The van der Waals surface area contributed by atoms with E-state index in [4.69, 9.17) is 14.6 Å². The number of hydrogen-bond acceptors (Lipinski definition) is 5. The molecule has 0 bridgehead atoms. The van der Waals surface area contributed by atoms with Crippen LogP contribution in [0.5, 0.6) is 5.75 Å². The summed E-state index contributed by atoms with van der Waals surface area (Å²) in [6, 6.07) is 16.0. The predicted octanol–water partition coefficient (Wildman–Crippen LogP) is 5.59. The summed E-state index contributed by atoms with van der Waals surface area (Å²) < 4.78 is 37.8. The van der Waals surface area contributed by atoms with E-state index in [9.17, 15) is 18.0 Å². The number of carboxylic acid groups (broad SMARTS) is 1. The van der Waals surface area contributed by atoms with Crippen LogP contribution in [0.25, 0.3) is 0 Å². The highest BCUT2D eigenvalue weighted by Gasteiger charge is 2.38. The summed E-state index contributed by atoms with van der Waals surface area (Å²) in [7, 11) is 0. The van der Waals surface area contributed by atoms with E-state index in [1.165, 1.54) is 16.7 Å². The molecule has 0 fully saturated rings. The Bertz CT molecular complexity index is 1230. The Balaban J connectivity index is 0.000000479. The van der Waals surface area contributed by atoms with Gasteiger partial charge in [0.15, 0.2) is 0 Å². The molecule has 3 aromatic rings. The minimum Gasteiger partial charge on any atom is -0.493 e. The SMILES string of the molecule is Cc1ccc2c(c1C)OCCCC2NCc1cccc(NC(=O)c2ccncc2)c1.O=C(O)C(F)(F)F. The summed E-state index contributed by atoms with van der Waals surface area (Å²) in [5, 5.41) is 13.8. The zero-order valence-corrected chi connectivity index (χ0v) is 20.4. The lowest BCUT2D eigenvalue weighted by atomic mass is 9.97. The molecule has 0 spiro atoms. The van der Waals surface area contributed by atoms with Crippen molar-refractivity contribution >= 4 is 17.6 Å². The standard InChI is InChI=1S/C25H27N3O2.C2HF3O2/c1-17-8-9-22-23(7-4-14-30-24(22)18(17)2)27-16-19-5-3-6-21(15-19)28-25(29)20-10-12-26-13-11-20;3-2(4,5)1(6)7/h3,5-6,8-13,15,23,27H,4,7,14,16H2,1-2H3,(H,28,29);(H,6,7). The van der Waals surface area contributed by atoms with E-state index in [0.717, 1.165) is 43.0 Å². The molecule has 4 rings (SSSR count). The number of aliphatic carboxylic acids is 1. The van der Waals surface area contributed by atoms with Crippen molar-refractivity contribution in [3.05, 3.63) is 88.7 Å². The van der Waals surface area contributed by atoms with Crippen LogP contribution < -0.4 is 15.4 Å². The quantitative estimate of drug-likeness (QED) is 0.410. The Morgan fingerprint density at radius 2 is 1.81 bits per heavy atom. The first-order valence-electron chi connectivity index (χ1n) is 11.6. The second kappa shape index (κ2) is 12.4. The number of carboxylic acids is 1. The fourth-order valence-electron chi connectivity index (χ4n) is 3.81. The number of carbonyl (C=O) groups excluding carboxylic acids is 1. The summed E-state index contributed by atoms with van der Waals surface area (Å²) in [5.74, 6) is -1.86. The highest BCUT2D eigenvalue weighted by Crippen LogP contribution is 2.35. The molecule has 0 aliphatic carbocycles. The number of anilines is 1. The van der Waals surface area contributed by atoms with Gasteiger partial charge in [0.1, 0.15) is 5.75 Å². The third-order valence-corrected chi connectivity index (χ3v) is 5.89. The molecular formula is C27H28F3N3O4. The lowest BCUT2D eigenvalue weighted by Gasteiger charge is -2.20. The minimum absolute atomic E-state index is 0.136. The van der Waals surface area contributed by atoms with Crippen molar-refractivity contribution in [3.8, 4) is 5.75 Å². The molecule has 1 aromatic heterocycles. The number of benzene rings is 2. The first-order chi connectivity index (χ1) is 17.6. The number of alkyl halides is 3. The minimum atomic E-state index is -5.08. The molecule has 2 aromatic carbocycles. The Hall–Kier alpha value is -3.92. The monoisotopic (exact) mass is 515 g/mol. The molecule has 196 valence electrons. The number of amides is 1. The maximum atomic E-state index is 12.4. The number of carbonyl (C=O) groups is 2. The van der Waals surface area contributed by atoms with Crippen LogP contribution in [0, 0.1) is 13.8 Å². The molecule has 0 saturated carbocycles. The van der Waals surface area contributed by atoms with Crippen LogP contribution in [0.2, 0.25) is 0 Å². The van der Waals surface area contributed by atoms with E-state index in [2.05, 4.69) is 47.7 Å². The number of hydrogen-bond donors (Lipinski definition) is 3. The molecule has 3 N–H and O–H groups in total. The van der Waals surface area contributed by atoms with E-state index in [1.54, 1.807) is 24.5 Å². The van der Waals surface area contributed by atoms with Gasteiger partial charge in [-0.3, -0.25) is 9.78 Å². The van der Waals surface area contributed by atoms with E-state index in [1.807, 2.05) is 18.2 Å². The molecule has 1 aliphatic heterocycles. The number of nitrogens with zero attached hydrogens (tertiary/aromatic N) is 1. The summed E-state index contributed by atoms with van der Waals surface area (Å²) in [6.07, 6.45) is 0.209. The number of rotatable bonds is 5. The van der Waals surface area contributed by atoms with Gasteiger partial charge < -0.3 is 20.5 Å². The van der Waals surface area contributed by atoms with Gasteiger partial charge in [0.05, 0.1) is 6.61 Å². The van der Waals surface area contributed by atoms with Crippen LogP contribution in [0.4, 0.5) is 18.9 Å². The van der Waals surface area contributed by atoms with Crippen LogP contribution in [-0.4, -0.2) is 34.8 Å². The molecule has 1 unspecified atom stereocenters. The van der Waals surface area contributed by atoms with Crippen molar-refractivity contribution in [1.29, 1.82) is 0 Å². The number of nitrogens with one attached hydrogen (secondary N) is 2. The highest BCUT2D eigenvalue weighted by atomic mass is 19.4. The zero-order valence-electron chi connectivity index (χ0n) is 20.4. The molecule has 37 heavy (non-hydrogen) atoms. The summed E-state index contributed by atoms with van der Waals surface area (Å²) >= 11 is 0. The van der Waals surface area contributed by atoms with Gasteiger partial charge in [-0.1, -0.05) is 24.3 Å². The van der Waals surface area contributed by atoms with Crippen molar-refractivity contribution in [2.75, 3.05) is 11.9 Å². The topological polar surface area (TPSA) is 101 Å². The molecule has 1 aliphatic rings. The predicted molar refractivity (Wildman–Crippen MR) is 133 cm³/mol. The maximum absolute atomic E-state index is 12.4. The van der Waals surface area contributed by atoms with Gasteiger partial charge in [-0.25, -0.2) is 4.79 Å². The molecule has 7 nitrogen and oxygen atoms in total. The molecule has 1 atom stereocenters. The average molecular weight is 516 g/mol. The van der Waals surface area contributed by atoms with Gasteiger partial charge in [-0.05, 0) is 67.6 Å². The Labute approximate surface area is 212 Å². The second-order valence-electron chi connectivity index (χ2n) is 8.54. The van der Waals surface area contributed by atoms with E-state index < -0.39 is 12.1 Å². The van der Waals surface area contributed by atoms with Crippen LogP contribution in [0.3, 0.4) is 0 Å². The summed E-state index contributed by atoms with van der Waals surface area (Å²) in [4.78, 5) is 25.2. The lowest BCUT2D eigenvalue weighted by molar-refractivity contribution is -0.192. The van der Waals surface area contributed by atoms with E-state index in [0.29, 0.717) is 5.56 Å². The fourth-order valence-corrected chi connectivity index (χ4v) is 3.81. The van der Waals surface area contributed by atoms with Gasteiger partial charge in [-0.15, -0.1) is 0 Å². The van der Waals surface area contributed by atoms with Gasteiger partial charge in [0, 0.05) is 41.8 Å². The second-order valence-corrected chi connectivity index (χ2v) is 8.54. The number of ether oxygens (including phenoxy) is 1. The smallest absolute Gasteiger partial charge is 0.490 e. The third kappa shape index (κ3) is 7.78. The fraction of sp³-hybridized carbons (Fsp3) is 0.296. The largest absolute Gasteiger partial charge is 0.493 e. The number of fused-ring (bicyclic) bond motifs is 1. The first kappa shape index (κ1) is 27.7. The van der Waals surface area contributed by atoms with Crippen molar-refractivity contribution in [2.24, 2.45) is 0 Å². The van der Waals surface area contributed by atoms with Crippen LogP contribution >= 0.6 is 0 Å². The van der Waals surface area contributed by atoms with Gasteiger partial charge in [0.25, 0.3) is 5.91 Å². The number of aromatic nitrogens is 1. The normalized spacial score (nSPS) is 14.8. The number of aryl methyl sites for hydroxylation is 1. The first-order valence-corrected chi connectivity index (χ1v) is 11.6. The molecule has 1 amide bonds. The third-order valence-electron chi connectivity index (χ3n) is 5.89. The van der Waals surface area contributed by atoms with Crippen LogP contribution in [0.1, 0.15) is 51.5 Å². The molecule has 0 radical (unpaired) electrons. The van der Waals surface area contributed by atoms with E-state index >= 15 is 0 Å². The van der Waals surface area contributed by atoms with Crippen LogP contribution in [0.15, 0.2) is 60.9 Å². The molecule has 10 heteroatoms. The lowest BCUT2D eigenvalue weighted by Crippen LogP contribution is -2.21. The van der Waals surface area contributed by atoms with Crippen molar-refractivity contribution in [2.45, 2.75) is 45.5 Å². The summed E-state index contributed by atoms with van der Waals surface area (Å²) in [6.45, 7) is 5.73. The Morgan fingerprint density at radius 3 is 2.49 bits per heavy atom. The Kier molecular flexibility index (Phi) is 9.24. The Morgan fingerprint density at radius 1 is 1.11 bits per heavy atom.